The topological polar surface area (TPSA) is 63.3 Å². The van der Waals surface area contributed by atoms with Gasteiger partial charge in [-0.3, -0.25) is 4.79 Å². The second-order valence-electron chi connectivity index (χ2n) is 3.83. The van der Waals surface area contributed by atoms with E-state index in [2.05, 4.69) is 0 Å². The van der Waals surface area contributed by atoms with Crippen LogP contribution in [-0.2, 0) is 4.79 Å². The summed E-state index contributed by atoms with van der Waals surface area (Å²) in [6.07, 6.45) is 4.17. The van der Waals surface area contributed by atoms with Crippen LogP contribution in [-0.4, -0.2) is 16.6 Å². The quantitative estimate of drug-likeness (QED) is 0.656. The van der Waals surface area contributed by atoms with Crippen molar-refractivity contribution >= 4 is 5.97 Å². The summed E-state index contributed by atoms with van der Waals surface area (Å²) in [4.78, 5) is 10.5. The van der Waals surface area contributed by atoms with E-state index in [0.717, 1.165) is 25.7 Å². The largest absolute Gasteiger partial charge is 0.481 e. The van der Waals surface area contributed by atoms with Crippen LogP contribution in [0.25, 0.3) is 0 Å². The minimum absolute atomic E-state index is 0.130. The molecular weight excluding hydrogens is 154 g/mol. The molecule has 1 aliphatic carbocycles. The van der Waals surface area contributed by atoms with Gasteiger partial charge < -0.3 is 10.8 Å². The summed E-state index contributed by atoms with van der Waals surface area (Å²) in [6, 6.07) is 0. The zero-order valence-electron chi connectivity index (χ0n) is 7.55. The van der Waals surface area contributed by atoms with E-state index < -0.39 is 11.5 Å². The molecule has 1 atom stereocenters. The molecule has 0 heterocycles. The van der Waals surface area contributed by atoms with E-state index in [9.17, 15) is 4.79 Å². The fourth-order valence-corrected chi connectivity index (χ4v) is 1.84. The number of hydrogen-bond acceptors (Lipinski definition) is 2. The van der Waals surface area contributed by atoms with Crippen LogP contribution in [0.4, 0.5) is 0 Å². The van der Waals surface area contributed by atoms with Crippen molar-refractivity contribution in [3.05, 3.63) is 0 Å². The third-order valence-corrected chi connectivity index (χ3v) is 2.59. The molecule has 1 aliphatic rings. The number of carboxylic acid groups (broad SMARTS) is 1. The predicted molar refractivity (Wildman–Crippen MR) is 46.8 cm³/mol. The van der Waals surface area contributed by atoms with Gasteiger partial charge in [0.15, 0.2) is 0 Å². The van der Waals surface area contributed by atoms with Crippen LogP contribution in [0, 0.1) is 5.92 Å². The van der Waals surface area contributed by atoms with Crippen LogP contribution in [0.2, 0.25) is 0 Å². The third-order valence-electron chi connectivity index (χ3n) is 2.59. The maximum atomic E-state index is 10.5. The summed E-state index contributed by atoms with van der Waals surface area (Å²) < 4.78 is 0. The predicted octanol–water partition coefficient (Wildman–Crippen LogP) is 1.37. The molecule has 3 nitrogen and oxygen atoms in total. The summed E-state index contributed by atoms with van der Waals surface area (Å²) in [6.45, 7) is 2.05. The van der Waals surface area contributed by atoms with Crippen molar-refractivity contribution in [2.24, 2.45) is 11.7 Å². The SMILES string of the molecule is CCCC(N)(CC(=O)O)C1CC1. The Labute approximate surface area is 72.9 Å². The van der Waals surface area contributed by atoms with Crippen LogP contribution in [0.15, 0.2) is 0 Å². The molecule has 3 N–H and O–H groups in total. The van der Waals surface area contributed by atoms with Crippen molar-refractivity contribution < 1.29 is 9.90 Å². The fraction of sp³-hybridized carbons (Fsp3) is 0.889. The van der Waals surface area contributed by atoms with Crippen LogP contribution in [0.1, 0.15) is 39.0 Å². The van der Waals surface area contributed by atoms with Crippen molar-refractivity contribution in [2.75, 3.05) is 0 Å². The summed E-state index contributed by atoms with van der Waals surface area (Å²) in [5.41, 5.74) is 5.62. The second-order valence-corrected chi connectivity index (χ2v) is 3.83. The van der Waals surface area contributed by atoms with Crippen molar-refractivity contribution in [1.82, 2.24) is 0 Å². The van der Waals surface area contributed by atoms with Crippen LogP contribution >= 0.6 is 0 Å². The molecule has 1 saturated carbocycles. The first-order valence-electron chi connectivity index (χ1n) is 4.59. The average molecular weight is 171 g/mol. The Bertz CT molecular complexity index is 177. The molecule has 70 valence electrons. The maximum absolute atomic E-state index is 10.5. The highest BCUT2D eigenvalue weighted by Gasteiger charge is 2.42. The molecule has 12 heavy (non-hydrogen) atoms. The van der Waals surface area contributed by atoms with Crippen LogP contribution in [0.3, 0.4) is 0 Å². The molecule has 1 unspecified atom stereocenters. The minimum atomic E-state index is -0.766. The third kappa shape index (κ3) is 2.21. The van der Waals surface area contributed by atoms with Crippen molar-refractivity contribution in [2.45, 2.75) is 44.6 Å². The first kappa shape index (κ1) is 9.52. The summed E-state index contributed by atoms with van der Waals surface area (Å²) in [5, 5.41) is 8.67. The monoisotopic (exact) mass is 171 g/mol. The Morgan fingerprint density at radius 3 is 2.58 bits per heavy atom. The molecule has 3 heteroatoms. The van der Waals surface area contributed by atoms with E-state index in [1.54, 1.807) is 0 Å². The summed E-state index contributed by atoms with van der Waals surface area (Å²) in [5.74, 6) is -0.300. The Morgan fingerprint density at radius 1 is 1.67 bits per heavy atom. The molecule has 1 fully saturated rings. The van der Waals surface area contributed by atoms with Gasteiger partial charge in [-0.2, -0.15) is 0 Å². The number of rotatable bonds is 5. The fourth-order valence-electron chi connectivity index (χ4n) is 1.84. The normalized spacial score (nSPS) is 21.8. The first-order valence-corrected chi connectivity index (χ1v) is 4.59. The molecule has 0 bridgehead atoms. The standard InChI is InChI=1S/C9H17NO2/c1-2-5-9(10,6-8(11)12)7-3-4-7/h7H,2-6,10H2,1H3,(H,11,12). The highest BCUT2D eigenvalue weighted by molar-refractivity contribution is 5.68. The highest BCUT2D eigenvalue weighted by atomic mass is 16.4. The lowest BCUT2D eigenvalue weighted by atomic mass is 9.86. The number of nitrogens with two attached hydrogens (primary N) is 1. The van der Waals surface area contributed by atoms with E-state index >= 15 is 0 Å². The first-order chi connectivity index (χ1) is 5.58. The Balaban J connectivity index is 2.51. The number of aliphatic carboxylic acids is 1. The van der Waals surface area contributed by atoms with Gasteiger partial charge in [0.1, 0.15) is 0 Å². The molecule has 0 spiro atoms. The van der Waals surface area contributed by atoms with Crippen molar-refractivity contribution in [3.63, 3.8) is 0 Å². The molecule has 0 aromatic heterocycles. The molecule has 0 amide bonds. The maximum Gasteiger partial charge on any atom is 0.305 e. The van der Waals surface area contributed by atoms with Gasteiger partial charge in [-0.15, -0.1) is 0 Å². The Morgan fingerprint density at radius 2 is 2.25 bits per heavy atom. The molecular formula is C9H17NO2. The number of carbonyl (C=O) groups is 1. The zero-order chi connectivity index (χ0) is 9.19. The smallest absolute Gasteiger partial charge is 0.305 e. The Hall–Kier alpha value is -0.570. The molecule has 0 radical (unpaired) electrons. The summed E-state index contributed by atoms with van der Waals surface area (Å²) in [7, 11) is 0. The van der Waals surface area contributed by atoms with E-state index in [1.165, 1.54) is 0 Å². The van der Waals surface area contributed by atoms with Gasteiger partial charge in [-0.25, -0.2) is 0 Å². The van der Waals surface area contributed by atoms with Gasteiger partial charge in [-0.1, -0.05) is 13.3 Å². The van der Waals surface area contributed by atoms with E-state index in [-0.39, 0.29) is 6.42 Å². The zero-order valence-corrected chi connectivity index (χ0v) is 7.55. The lowest BCUT2D eigenvalue weighted by Gasteiger charge is -2.27. The van der Waals surface area contributed by atoms with Gasteiger partial charge >= 0.3 is 5.97 Å². The minimum Gasteiger partial charge on any atom is -0.481 e. The number of carboxylic acids is 1. The molecule has 1 rings (SSSR count). The van der Waals surface area contributed by atoms with Gasteiger partial charge in [-0.05, 0) is 25.2 Å². The molecule has 0 aromatic rings. The van der Waals surface area contributed by atoms with Gasteiger partial charge in [0.25, 0.3) is 0 Å². The summed E-state index contributed by atoms with van der Waals surface area (Å²) >= 11 is 0. The van der Waals surface area contributed by atoms with Gasteiger partial charge in [0.2, 0.25) is 0 Å². The molecule has 0 saturated heterocycles. The Kier molecular flexibility index (Phi) is 2.73. The van der Waals surface area contributed by atoms with Crippen molar-refractivity contribution in [1.29, 1.82) is 0 Å². The molecule has 0 aliphatic heterocycles. The van der Waals surface area contributed by atoms with Crippen LogP contribution < -0.4 is 5.73 Å². The lowest BCUT2D eigenvalue weighted by Crippen LogP contribution is -2.44. The van der Waals surface area contributed by atoms with E-state index in [0.29, 0.717) is 5.92 Å². The lowest BCUT2D eigenvalue weighted by molar-refractivity contribution is -0.138. The van der Waals surface area contributed by atoms with Gasteiger partial charge in [0, 0.05) is 5.54 Å². The van der Waals surface area contributed by atoms with E-state index in [4.69, 9.17) is 10.8 Å². The van der Waals surface area contributed by atoms with Crippen molar-refractivity contribution in [3.8, 4) is 0 Å². The molecule has 0 aromatic carbocycles. The number of hydrogen-bond donors (Lipinski definition) is 2. The van der Waals surface area contributed by atoms with Crippen LogP contribution in [0.5, 0.6) is 0 Å². The van der Waals surface area contributed by atoms with Gasteiger partial charge in [0.05, 0.1) is 6.42 Å². The van der Waals surface area contributed by atoms with E-state index in [1.807, 2.05) is 6.92 Å². The second kappa shape index (κ2) is 3.44. The highest BCUT2D eigenvalue weighted by Crippen LogP contribution is 2.42. The average Bonchev–Trinajstić information content (AvgIpc) is 2.65.